The van der Waals surface area contributed by atoms with Gasteiger partial charge in [-0.15, -0.1) is 0 Å². The summed E-state index contributed by atoms with van der Waals surface area (Å²) in [5.74, 6) is -0.608. The summed E-state index contributed by atoms with van der Waals surface area (Å²) >= 11 is 0. The van der Waals surface area contributed by atoms with Crippen molar-refractivity contribution in [2.45, 2.75) is 142 Å². The van der Waals surface area contributed by atoms with Crippen LogP contribution in [0.5, 0.6) is 0 Å². The third-order valence-electron chi connectivity index (χ3n) is 5.11. The first-order chi connectivity index (χ1) is 15.3. The molecule has 6 heteroatoms. The van der Waals surface area contributed by atoms with E-state index in [1.807, 2.05) is 0 Å². The van der Waals surface area contributed by atoms with Crippen LogP contribution >= 0.6 is 0 Å². The van der Waals surface area contributed by atoms with E-state index in [2.05, 4.69) is 12.2 Å². The number of esters is 1. The van der Waals surface area contributed by atoms with Crippen LogP contribution in [0.3, 0.4) is 0 Å². The Kier molecular flexibility index (Phi) is 23.3. The van der Waals surface area contributed by atoms with E-state index < -0.39 is 17.6 Å². The van der Waals surface area contributed by atoms with Crippen molar-refractivity contribution < 1.29 is 24.2 Å². The third-order valence-corrected chi connectivity index (χ3v) is 5.11. The lowest BCUT2D eigenvalue weighted by Gasteiger charge is -2.24. The number of rotatable bonds is 19. The molecule has 0 radical (unpaired) electrons. The molecule has 1 unspecified atom stereocenters. The lowest BCUT2D eigenvalue weighted by Crippen LogP contribution is -2.44. The number of aldehydes is 1. The maximum absolute atomic E-state index is 12.2. The van der Waals surface area contributed by atoms with Gasteiger partial charge in [0.2, 0.25) is 5.91 Å². The molecule has 0 aromatic rings. The second-order valence-corrected chi connectivity index (χ2v) is 9.39. The highest BCUT2D eigenvalue weighted by Gasteiger charge is 2.26. The van der Waals surface area contributed by atoms with Crippen LogP contribution in [-0.4, -0.2) is 42.0 Å². The molecule has 0 heterocycles. The van der Waals surface area contributed by atoms with Gasteiger partial charge in [0.25, 0.3) is 0 Å². The molecule has 1 atom stereocenters. The summed E-state index contributed by atoms with van der Waals surface area (Å²) in [6, 6.07) is -0.746. The number of hydrogen-bond acceptors (Lipinski definition) is 5. The Labute approximate surface area is 197 Å². The van der Waals surface area contributed by atoms with Crippen LogP contribution in [0.1, 0.15) is 130 Å². The number of hydrogen-bond donors (Lipinski definition) is 2. The number of nitrogens with one attached hydrogen (secondary N) is 1. The van der Waals surface area contributed by atoms with Gasteiger partial charge in [0, 0.05) is 20.0 Å². The van der Waals surface area contributed by atoms with Gasteiger partial charge in [0.05, 0.1) is 0 Å². The van der Waals surface area contributed by atoms with Crippen LogP contribution in [0, 0.1) is 0 Å². The van der Waals surface area contributed by atoms with Crippen molar-refractivity contribution in [1.82, 2.24) is 5.32 Å². The minimum absolute atomic E-state index is 0.139. The van der Waals surface area contributed by atoms with Crippen molar-refractivity contribution in [2.24, 2.45) is 0 Å². The van der Waals surface area contributed by atoms with Crippen LogP contribution in [-0.2, 0) is 19.1 Å². The average molecular weight is 458 g/mol. The predicted molar refractivity (Wildman–Crippen MR) is 132 cm³/mol. The largest absolute Gasteiger partial charge is 0.458 e. The van der Waals surface area contributed by atoms with Crippen molar-refractivity contribution in [2.75, 3.05) is 7.11 Å². The molecular weight excluding hydrogens is 406 g/mol. The summed E-state index contributed by atoms with van der Waals surface area (Å²) in [7, 11) is 1.00. The van der Waals surface area contributed by atoms with Crippen LogP contribution in [0.4, 0.5) is 0 Å². The Morgan fingerprint density at radius 2 is 1.28 bits per heavy atom. The quantitative estimate of drug-likeness (QED) is 0.143. The average Bonchev–Trinajstić information content (AvgIpc) is 2.74. The zero-order valence-corrected chi connectivity index (χ0v) is 21.5. The molecule has 0 rings (SSSR count). The van der Waals surface area contributed by atoms with Crippen molar-refractivity contribution >= 4 is 18.2 Å². The summed E-state index contributed by atoms with van der Waals surface area (Å²) in [6.45, 7) is 7.62. The first-order valence-electron chi connectivity index (χ1n) is 12.7. The van der Waals surface area contributed by atoms with Crippen molar-refractivity contribution in [3.63, 3.8) is 0 Å². The Bertz CT molecular complexity index is 460. The molecule has 0 aliphatic carbocycles. The molecule has 0 saturated carbocycles. The molecule has 0 aromatic carbocycles. The number of aliphatic hydroxyl groups is 1. The SMILES string of the molecule is CCCCCCCCCCCCCCCC(=O)NC(CCC=O)C(=O)OC(C)(C)C.CO. The fourth-order valence-electron chi connectivity index (χ4n) is 3.43. The van der Waals surface area contributed by atoms with Crippen molar-refractivity contribution in [1.29, 1.82) is 0 Å². The molecule has 0 aromatic heterocycles. The number of amides is 1. The van der Waals surface area contributed by atoms with Gasteiger partial charge in [-0.1, -0.05) is 84.0 Å². The zero-order valence-electron chi connectivity index (χ0n) is 21.5. The van der Waals surface area contributed by atoms with Crippen LogP contribution in [0.15, 0.2) is 0 Å². The highest BCUT2D eigenvalue weighted by atomic mass is 16.6. The molecule has 2 N–H and O–H groups in total. The van der Waals surface area contributed by atoms with Gasteiger partial charge in [0.15, 0.2) is 0 Å². The summed E-state index contributed by atoms with van der Waals surface area (Å²) in [6.07, 6.45) is 18.1. The van der Waals surface area contributed by atoms with E-state index in [-0.39, 0.29) is 18.7 Å². The number of aliphatic hydroxyl groups excluding tert-OH is 1. The first-order valence-corrected chi connectivity index (χ1v) is 12.7. The molecule has 0 aliphatic rings. The van der Waals surface area contributed by atoms with E-state index >= 15 is 0 Å². The second-order valence-electron chi connectivity index (χ2n) is 9.39. The van der Waals surface area contributed by atoms with E-state index in [1.165, 1.54) is 64.2 Å². The lowest BCUT2D eigenvalue weighted by atomic mass is 10.0. The van der Waals surface area contributed by atoms with Gasteiger partial charge in [-0.05, 0) is 33.6 Å². The summed E-state index contributed by atoms with van der Waals surface area (Å²) < 4.78 is 5.35. The molecule has 190 valence electrons. The van der Waals surface area contributed by atoms with Crippen LogP contribution in [0.25, 0.3) is 0 Å². The monoisotopic (exact) mass is 457 g/mol. The van der Waals surface area contributed by atoms with Gasteiger partial charge < -0.3 is 20.0 Å². The number of carbonyl (C=O) groups is 3. The highest BCUT2D eigenvalue weighted by molar-refractivity contribution is 5.84. The van der Waals surface area contributed by atoms with Crippen molar-refractivity contribution in [3.05, 3.63) is 0 Å². The molecule has 6 nitrogen and oxygen atoms in total. The van der Waals surface area contributed by atoms with Gasteiger partial charge in [-0.25, -0.2) is 4.79 Å². The molecular formula is C26H51NO5. The number of unbranched alkanes of at least 4 members (excludes halogenated alkanes) is 12. The fraction of sp³-hybridized carbons (Fsp3) is 0.885. The molecule has 0 bridgehead atoms. The molecule has 0 spiro atoms. The fourth-order valence-corrected chi connectivity index (χ4v) is 3.43. The molecule has 0 fully saturated rings. The number of carbonyl (C=O) groups excluding carboxylic acids is 3. The second kappa shape index (κ2) is 22.8. The predicted octanol–water partition coefficient (Wildman–Crippen LogP) is 5.88. The molecule has 0 saturated heterocycles. The molecule has 0 aliphatic heterocycles. The van der Waals surface area contributed by atoms with E-state index in [0.717, 1.165) is 32.7 Å². The normalized spacial score (nSPS) is 11.8. The van der Waals surface area contributed by atoms with E-state index in [1.54, 1.807) is 20.8 Å². The Morgan fingerprint density at radius 3 is 1.69 bits per heavy atom. The van der Waals surface area contributed by atoms with E-state index in [0.29, 0.717) is 6.42 Å². The Morgan fingerprint density at radius 1 is 0.844 bits per heavy atom. The minimum atomic E-state index is -0.746. The van der Waals surface area contributed by atoms with Gasteiger partial charge >= 0.3 is 5.97 Å². The summed E-state index contributed by atoms with van der Waals surface area (Å²) in [5, 5.41) is 9.75. The Balaban J connectivity index is 0. The smallest absolute Gasteiger partial charge is 0.329 e. The minimum Gasteiger partial charge on any atom is -0.458 e. The number of ether oxygens (including phenoxy) is 1. The van der Waals surface area contributed by atoms with E-state index in [9.17, 15) is 14.4 Å². The third kappa shape index (κ3) is 23.2. The molecule has 1 amide bonds. The van der Waals surface area contributed by atoms with E-state index in [4.69, 9.17) is 9.84 Å². The van der Waals surface area contributed by atoms with Gasteiger partial charge in [0.1, 0.15) is 17.9 Å². The maximum Gasteiger partial charge on any atom is 0.329 e. The van der Waals surface area contributed by atoms with Crippen LogP contribution < -0.4 is 5.32 Å². The summed E-state index contributed by atoms with van der Waals surface area (Å²) in [4.78, 5) is 35.1. The van der Waals surface area contributed by atoms with Gasteiger partial charge in [-0.3, -0.25) is 4.79 Å². The zero-order chi connectivity index (χ0) is 24.7. The topological polar surface area (TPSA) is 92.7 Å². The van der Waals surface area contributed by atoms with Crippen LogP contribution in [0.2, 0.25) is 0 Å². The van der Waals surface area contributed by atoms with Crippen molar-refractivity contribution in [3.8, 4) is 0 Å². The Hall–Kier alpha value is -1.43. The maximum atomic E-state index is 12.2. The van der Waals surface area contributed by atoms with Gasteiger partial charge in [-0.2, -0.15) is 0 Å². The standard InChI is InChI=1S/C25H47NO4.CH4O/c1-5-6-7-8-9-10-11-12-13-14-15-16-17-20-23(28)26-22(19-18-21-27)24(29)30-25(2,3)4;1-2/h21-22H,5-20H2,1-4H3,(H,26,28);2H,1H3. The summed E-state index contributed by atoms with van der Waals surface area (Å²) in [5.41, 5.74) is -0.615. The lowest BCUT2D eigenvalue weighted by molar-refractivity contribution is -0.158. The highest BCUT2D eigenvalue weighted by Crippen LogP contribution is 2.14. The first kappa shape index (κ1) is 32.7. The molecule has 32 heavy (non-hydrogen) atoms.